The molecule has 141 heavy (non-hydrogen) atoms. The van der Waals surface area contributed by atoms with Crippen LogP contribution in [0.1, 0.15) is 139 Å². The van der Waals surface area contributed by atoms with Crippen LogP contribution in [0.4, 0.5) is 38.9 Å². The summed E-state index contributed by atoms with van der Waals surface area (Å²) in [5, 5.41) is 17.5. The number of fused-ring (bicyclic) bond motifs is 4. The first kappa shape index (κ1) is 104. The Hall–Kier alpha value is -13.2. The molecule has 4 atom stereocenters. The second kappa shape index (κ2) is 47.9. The molecular formula is C105H117ClN12O19S4. The van der Waals surface area contributed by atoms with Gasteiger partial charge in [-0.25, -0.2) is 38.5 Å². The van der Waals surface area contributed by atoms with Crippen molar-refractivity contribution in [3.05, 3.63) is 292 Å². The number of aryl methyl sites for hydroxylation is 4. The summed E-state index contributed by atoms with van der Waals surface area (Å²) in [5.74, 6) is -3.28. The molecule has 4 unspecified atom stereocenters. The van der Waals surface area contributed by atoms with Crippen LogP contribution in [-0.2, 0) is 121 Å². The van der Waals surface area contributed by atoms with E-state index in [9.17, 15) is 76.8 Å². The molecule has 8 N–H and O–H groups in total. The number of methoxy groups -OCH3 is 1. The number of nitrogens with zero attached hydrogens (tertiary/aromatic N) is 4. The van der Waals surface area contributed by atoms with Crippen LogP contribution in [0.15, 0.2) is 256 Å². The van der Waals surface area contributed by atoms with Crippen LogP contribution < -0.4 is 51.0 Å². The maximum absolute atomic E-state index is 13.8. The maximum Gasteiger partial charge on any atom is 0.409 e. The van der Waals surface area contributed by atoms with Crippen molar-refractivity contribution >= 4 is 139 Å². The number of rotatable bonds is 27. The lowest BCUT2D eigenvalue weighted by Crippen LogP contribution is -2.56. The summed E-state index contributed by atoms with van der Waals surface area (Å²) >= 11 is 6.17. The Balaban J connectivity index is 0.000000150. The molecule has 9 amide bonds. The third-order valence-electron chi connectivity index (χ3n) is 25.9. The van der Waals surface area contributed by atoms with Crippen LogP contribution in [-0.4, -0.2) is 197 Å². The molecular weight excluding hydrogens is 1900 g/mol. The fourth-order valence-electron chi connectivity index (χ4n) is 18.0. The molecule has 6 aliphatic heterocycles. The highest BCUT2D eigenvalue weighted by molar-refractivity contribution is 7.92. The van der Waals surface area contributed by atoms with Gasteiger partial charge in [0.25, 0.3) is 0 Å². The van der Waals surface area contributed by atoms with Gasteiger partial charge in [0, 0.05) is 129 Å². The van der Waals surface area contributed by atoms with Gasteiger partial charge in [-0.15, -0.1) is 0 Å². The molecule has 1 saturated carbocycles. The Morgan fingerprint density at radius 2 is 0.816 bits per heavy atom. The van der Waals surface area contributed by atoms with Crippen molar-refractivity contribution in [1.29, 1.82) is 0 Å². The number of sulfonamides is 2. The monoisotopic (exact) mass is 2010 g/mol. The molecule has 31 nitrogen and oxygen atoms in total. The lowest BCUT2D eigenvalue weighted by Gasteiger charge is -2.37. The summed E-state index contributed by atoms with van der Waals surface area (Å²) in [6.07, 6.45) is 10.7. The molecule has 0 bridgehead atoms. The number of nitrogens with one attached hydrogen (secondary N) is 8. The number of ether oxygens (including phenoxy) is 2. The second-order valence-corrected chi connectivity index (χ2v) is 43.6. The number of halogens is 1. The van der Waals surface area contributed by atoms with E-state index in [1.165, 1.54) is 48.4 Å². The Bertz CT molecular complexity index is 6690. The van der Waals surface area contributed by atoms with Crippen molar-refractivity contribution in [2.75, 3.05) is 109 Å². The first-order chi connectivity index (χ1) is 67.7. The van der Waals surface area contributed by atoms with Gasteiger partial charge in [-0.2, -0.15) is 9.44 Å². The summed E-state index contributed by atoms with van der Waals surface area (Å²) in [6, 6.07) is 66.4. The minimum absolute atomic E-state index is 0.0374. The van der Waals surface area contributed by atoms with Gasteiger partial charge in [0.2, 0.25) is 67.3 Å². The maximum atomic E-state index is 13.8. The highest BCUT2D eigenvalue weighted by atomic mass is 35.5. The lowest BCUT2D eigenvalue weighted by molar-refractivity contribution is -0.134. The van der Waals surface area contributed by atoms with Crippen LogP contribution in [0.5, 0.6) is 5.75 Å². The fraction of sp³-hybridized carbons (Fsp3) is 0.343. The van der Waals surface area contributed by atoms with E-state index in [0.717, 1.165) is 70.5 Å². The molecule has 742 valence electrons. The van der Waals surface area contributed by atoms with Crippen molar-refractivity contribution in [3.63, 3.8) is 0 Å². The zero-order valence-electron chi connectivity index (χ0n) is 78.8. The van der Waals surface area contributed by atoms with Crippen molar-refractivity contribution in [2.45, 2.75) is 173 Å². The third-order valence-corrected chi connectivity index (χ3v) is 32.7. The van der Waals surface area contributed by atoms with E-state index in [-0.39, 0.29) is 112 Å². The van der Waals surface area contributed by atoms with Crippen molar-refractivity contribution in [3.8, 4) is 5.75 Å². The topological polar surface area (TPSA) is 418 Å². The summed E-state index contributed by atoms with van der Waals surface area (Å²) in [7, 11) is -13.9. The molecule has 36 heteroatoms. The number of piperazine rings is 2. The van der Waals surface area contributed by atoms with Gasteiger partial charge >= 0.3 is 6.09 Å². The van der Waals surface area contributed by atoms with E-state index in [1.807, 2.05) is 121 Å². The summed E-state index contributed by atoms with van der Waals surface area (Å²) < 4.78 is 123. The van der Waals surface area contributed by atoms with Crippen LogP contribution >= 0.6 is 11.6 Å². The summed E-state index contributed by atoms with van der Waals surface area (Å²) in [5.41, 5.74) is 10.8. The van der Waals surface area contributed by atoms with E-state index < -0.39 is 81.4 Å². The van der Waals surface area contributed by atoms with Gasteiger partial charge in [-0.3, -0.25) is 38.4 Å². The standard InChI is InChI=1S/C29H31N3O5S.C26H33N3O4S.C25H23ClN2O4S.C25H30N4O6S/c1-37-24-9-5-8-23(19-24)31-14-16-32(17-15-31)29(34)26(21-6-3-2-4-7-21)20-38(35,36)25-11-12-27-22(18-25)10-13-28(33)30-27;30-25-16-13-20-18-22(14-15-23(20)28-25)34(32,33)29-24(17-19-9-5-4-6-10-19)26(31)27-21-11-7-2-1-3-8-12-21;1-16-21(26)8-5-9-22(16)28-25(30)20(17-6-3-2-4-7-17)15-33(31,32)19-11-12-23-18(14-19)10-13-24(29)27-23;1-2-35-25(32)29-14-12-28(13-15-29)24(31)22(16-18-6-4-3-5-7-18)27-36(33,34)20-9-10-21-19(17-20)8-11-23(30)26-21/h2-9,11-12,18-19,26H,10,13-17,20H2,1H3,(H,30,33);4-6,9-10,14-15,18,21,24,29H,1-3,7-8,11-13,16-17H2,(H,27,31)(H,28,30);2-9,11-12,14,20H,10,13,15H2,1H3,(H,27,29)(H,28,30);3-7,9-10,17,22,27H,2,8,11-16H2,1H3,(H,26,30). The van der Waals surface area contributed by atoms with Crippen molar-refractivity contribution < 1.29 is 86.3 Å². The fourth-order valence-corrected chi connectivity index (χ4v) is 23.8. The number of amides is 9. The van der Waals surface area contributed by atoms with Gasteiger partial charge in [-0.05, 0) is 212 Å². The number of benzene rings is 10. The molecule has 0 spiro atoms. The first-order valence-corrected chi connectivity index (χ1v) is 54.0. The summed E-state index contributed by atoms with van der Waals surface area (Å²) in [4.78, 5) is 120. The first-order valence-electron chi connectivity index (χ1n) is 47.4. The van der Waals surface area contributed by atoms with Crippen LogP contribution in [0.25, 0.3) is 0 Å². The number of hydrogen-bond acceptors (Lipinski definition) is 20. The van der Waals surface area contributed by atoms with E-state index in [2.05, 4.69) is 46.2 Å². The van der Waals surface area contributed by atoms with E-state index in [1.54, 1.807) is 122 Å². The number of carbonyl (C=O) groups is 9. The predicted molar refractivity (Wildman–Crippen MR) is 541 cm³/mol. The molecule has 10 aromatic rings. The minimum atomic E-state index is -4.04. The number of sulfone groups is 2. The Kier molecular flexibility index (Phi) is 35.2. The quantitative estimate of drug-likeness (QED) is 0.0237. The van der Waals surface area contributed by atoms with Crippen LogP contribution in [0, 0.1) is 6.92 Å². The zero-order chi connectivity index (χ0) is 100.0. The minimum Gasteiger partial charge on any atom is -0.497 e. The molecule has 0 aromatic heterocycles. The van der Waals surface area contributed by atoms with Crippen molar-refractivity contribution in [1.82, 2.24) is 29.5 Å². The molecule has 0 radical (unpaired) electrons. The highest BCUT2D eigenvalue weighted by Crippen LogP contribution is 2.36. The van der Waals surface area contributed by atoms with E-state index in [0.29, 0.717) is 134 Å². The molecule has 7 aliphatic rings. The average Bonchev–Trinajstić information content (AvgIpc) is 0.792. The molecule has 17 rings (SSSR count). The molecule has 3 fully saturated rings. The Labute approximate surface area is 828 Å². The smallest absolute Gasteiger partial charge is 0.409 e. The summed E-state index contributed by atoms with van der Waals surface area (Å²) in [6.45, 7) is 7.26. The number of carbonyl (C=O) groups excluding carboxylic acids is 9. The lowest BCUT2D eigenvalue weighted by atomic mass is 9.96. The third kappa shape index (κ3) is 28.0. The average molecular weight is 2010 g/mol. The normalized spacial score (nSPS) is 16.4. The van der Waals surface area contributed by atoms with Crippen LogP contribution in [0.3, 0.4) is 0 Å². The van der Waals surface area contributed by atoms with Gasteiger partial charge < -0.3 is 61.0 Å². The molecule has 2 saturated heterocycles. The number of anilines is 6. The SMILES string of the molecule is CCOC(=O)N1CCN(C(=O)C(Cc2ccccc2)NS(=O)(=O)c2ccc3c(c2)CCC(=O)N3)CC1.COc1cccc(N2CCN(C(=O)C(CS(=O)(=O)c3ccc4c(c3)CCC(=O)N4)c3ccccc3)CC2)c1.Cc1c(Cl)cccc1NC(=O)C(CS(=O)(=O)c1ccc2c(c1)CCC(=O)N2)c1ccccc1.O=C1CCc2cc(S(=O)(=O)NC(Cc3ccccc3)C(=O)NC3CCCCCCC3)ccc2N1. The van der Waals surface area contributed by atoms with Gasteiger partial charge in [0.15, 0.2) is 19.7 Å². The molecule has 1 aliphatic carbocycles. The Morgan fingerprint density at radius 1 is 0.418 bits per heavy atom. The molecule has 6 heterocycles. The Morgan fingerprint density at radius 3 is 1.28 bits per heavy atom. The van der Waals surface area contributed by atoms with E-state index >= 15 is 0 Å². The predicted octanol–water partition coefficient (Wildman–Crippen LogP) is 13.7. The van der Waals surface area contributed by atoms with E-state index in [4.69, 9.17) is 21.1 Å². The second-order valence-electron chi connectivity index (χ2n) is 35.7. The van der Waals surface area contributed by atoms with Gasteiger partial charge in [-0.1, -0.05) is 177 Å². The largest absolute Gasteiger partial charge is 0.497 e. The number of hydrogen-bond donors (Lipinski definition) is 8. The highest BCUT2D eigenvalue weighted by Gasteiger charge is 2.38. The van der Waals surface area contributed by atoms with Crippen LogP contribution in [0.2, 0.25) is 5.02 Å². The van der Waals surface area contributed by atoms with Gasteiger partial charge in [0.1, 0.15) is 17.8 Å². The molecule has 10 aromatic carbocycles. The zero-order valence-corrected chi connectivity index (χ0v) is 82.8. The van der Waals surface area contributed by atoms with Gasteiger partial charge in [0.05, 0.1) is 56.6 Å². The van der Waals surface area contributed by atoms with Crippen molar-refractivity contribution in [2.24, 2.45) is 0 Å².